The number of amides is 1. The van der Waals surface area contributed by atoms with Gasteiger partial charge in [-0.25, -0.2) is 13.2 Å². The lowest BCUT2D eigenvalue weighted by Crippen LogP contribution is -2.33. The molecule has 4 nitrogen and oxygen atoms in total. The first kappa shape index (κ1) is 19.0. The van der Waals surface area contributed by atoms with Gasteiger partial charge >= 0.3 is 0 Å². The maximum atomic E-state index is 14.0. The highest BCUT2D eigenvalue weighted by atomic mass is 19.2. The summed E-state index contributed by atoms with van der Waals surface area (Å²) in [5.41, 5.74) is 12.7. The van der Waals surface area contributed by atoms with Gasteiger partial charge in [0.2, 0.25) is 5.91 Å². The lowest BCUT2D eigenvalue weighted by atomic mass is 9.81. The predicted octanol–water partition coefficient (Wildman–Crippen LogP) is 3.41. The van der Waals surface area contributed by atoms with E-state index in [0.29, 0.717) is 30.2 Å². The Labute approximate surface area is 154 Å². The lowest BCUT2D eigenvalue weighted by Gasteiger charge is -2.29. The number of primary amides is 1. The van der Waals surface area contributed by atoms with Crippen molar-refractivity contribution >= 4 is 5.91 Å². The lowest BCUT2D eigenvalue weighted by molar-refractivity contribution is 0.1000. The highest BCUT2D eigenvalue weighted by Crippen LogP contribution is 2.34. The molecule has 3 rings (SSSR count). The van der Waals surface area contributed by atoms with Crippen LogP contribution in [0, 0.1) is 17.5 Å². The third-order valence-corrected chi connectivity index (χ3v) is 4.68. The molecule has 0 spiro atoms. The largest absolute Gasteiger partial charge is 0.489 e. The molecule has 2 aromatic rings. The van der Waals surface area contributed by atoms with Crippen molar-refractivity contribution in [1.29, 1.82) is 0 Å². The van der Waals surface area contributed by atoms with Crippen LogP contribution in [0.2, 0.25) is 0 Å². The van der Waals surface area contributed by atoms with Crippen molar-refractivity contribution in [2.45, 2.75) is 24.8 Å². The third-order valence-electron chi connectivity index (χ3n) is 4.68. The summed E-state index contributed by atoms with van der Waals surface area (Å²) in [5, 5.41) is 0. The van der Waals surface area contributed by atoms with E-state index in [4.69, 9.17) is 16.2 Å². The van der Waals surface area contributed by atoms with Crippen LogP contribution in [0.5, 0.6) is 5.75 Å². The number of benzene rings is 2. The van der Waals surface area contributed by atoms with Gasteiger partial charge in [-0.05, 0) is 54.3 Å². The Morgan fingerprint density at radius 3 is 2.37 bits per heavy atom. The molecule has 0 aliphatic heterocycles. The number of allylic oxidation sites excluding steroid dienone is 1. The SMILES string of the molecule is NC(=O)c1ccc(OCC2=CC[C@H](c3cc(F)c(F)cc3F)[C@@H](N)C2)cc1. The van der Waals surface area contributed by atoms with Crippen LogP contribution in [0.25, 0.3) is 0 Å². The monoisotopic (exact) mass is 376 g/mol. The molecule has 0 unspecified atom stereocenters. The molecule has 1 aliphatic rings. The summed E-state index contributed by atoms with van der Waals surface area (Å²) in [7, 11) is 0. The minimum absolute atomic E-state index is 0.0830. The fourth-order valence-electron chi connectivity index (χ4n) is 3.19. The van der Waals surface area contributed by atoms with Crippen LogP contribution in [0.15, 0.2) is 48.0 Å². The van der Waals surface area contributed by atoms with E-state index in [0.717, 1.165) is 11.6 Å². The summed E-state index contributed by atoms with van der Waals surface area (Å²) in [5.74, 6) is -3.47. The Morgan fingerprint density at radius 1 is 1.07 bits per heavy atom. The van der Waals surface area contributed by atoms with E-state index in [9.17, 15) is 18.0 Å². The number of carbonyl (C=O) groups is 1. The van der Waals surface area contributed by atoms with Crippen LogP contribution in [-0.4, -0.2) is 18.6 Å². The molecule has 2 aromatic carbocycles. The molecule has 1 amide bonds. The van der Waals surface area contributed by atoms with Crippen molar-refractivity contribution < 1.29 is 22.7 Å². The van der Waals surface area contributed by atoms with Gasteiger partial charge in [0.15, 0.2) is 11.6 Å². The van der Waals surface area contributed by atoms with E-state index in [1.54, 1.807) is 24.3 Å². The Hall–Kier alpha value is -2.80. The Balaban J connectivity index is 1.65. The Bertz CT molecular complexity index is 882. The molecule has 0 heterocycles. The Kier molecular flexibility index (Phi) is 5.51. The number of rotatable bonds is 5. The molecule has 0 aromatic heterocycles. The number of hydrogen-bond acceptors (Lipinski definition) is 3. The smallest absolute Gasteiger partial charge is 0.248 e. The predicted molar refractivity (Wildman–Crippen MR) is 94.8 cm³/mol. The number of nitrogens with two attached hydrogens (primary N) is 2. The van der Waals surface area contributed by atoms with Crippen molar-refractivity contribution in [3.05, 3.63) is 76.6 Å². The normalized spacial score (nSPS) is 19.5. The van der Waals surface area contributed by atoms with Gasteiger partial charge in [0, 0.05) is 23.6 Å². The van der Waals surface area contributed by atoms with E-state index < -0.39 is 35.3 Å². The zero-order valence-electron chi connectivity index (χ0n) is 14.4. The first-order valence-electron chi connectivity index (χ1n) is 8.45. The molecule has 0 bridgehead atoms. The molecule has 27 heavy (non-hydrogen) atoms. The van der Waals surface area contributed by atoms with Gasteiger partial charge in [-0.2, -0.15) is 0 Å². The van der Waals surface area contributed by atoms with Gasteiger partial charge in [0.25, 0.3) is 0 Å². The van der Waals surface area contributed by atoms with Crippen molar-refractivity contribution in [1.82, 2.24) is 0 Å². The topological polar surface area (TPSA) is 78.3 Å². The minimum atomic E-state index is -1.22. The van der Waals surface area contributed by atoms with E-state index in [1.165, 1.54) is 0 Å². The molecule has 0 saturated heterocycles. The van der Waals surface area contributed by atoms with Crippen molar-refractivity contribution in [2.24, 2.45) is 11.5 Å². The highest BCUT2D eigenvalue weighted by Gasteiger charge is 2.28. The highest BCUT2D eigenvalue weighted by molar-refractivity contribution is 5.92. The van der Waals surface area contributed by atoms with Crippen LogP contribution in [0.1, 0.15) is 34.7 Å². The van der Waals surface area contributed by atoms with Gasteiger partial charge in [0.05, 0.1) is 0 Å². The molecule has 0 saturated carbocycles. The summed E-state index contributed by atoms with van der Waals surface area (Å²) in [6.07, 6.45) is 2.73. The number of hydrogen-bond donors (Lipinski definition) is 2. The summed E-state index contributed by atoms with van der Waals surface area (Å²) >= 11 is 0. The fourth-order valence-corrected chi connectivity index (χ4v) is 3.19. The summed E-state index contributed by atoms with van der Waals surface area (Å²) in [4.78, 5) is 11.1. The van der Waals surface area contributed by atoms with E-state index in [-0.39, 0.29) is 12.2 Å². The molecular formula is C20H19F3N2O2. The average molecular weight is 376 g/mol. The van der Waals surface area contributed by atoms with Crippen LogP contribution in [-0.2, 0) is 0 Å². The minimum Gasteiger partial charge on any atom is -0.489 e. The first-order valence-corrected chi connectivity index (χ1v) is 8.45. The average Bonchev–Trinajstić information content (AvgIpc) is 2.64. The first-order chi connectivity index (χ1) is 12.8. The molecule has 0 radical (unpaired) electrons. The Morgan fingerprint density at radius 2 is 1.74 bits per heavy atom. The quantitative estimate of drug-likeness (QED) is 0.620. The molecule has 2 atom stereocenters. The standard InChI is InChI=1S/C20H19F3N2O2/c21-16-9-18(23)17(22)8-15(16)14-6-1-11(7-19(14)24)10-27-13-4-2-12(3-5-13)20(25)26/h1-5,8-9,14,19H,6-7,10,24H2,(H2,25,26)/t14-,19+/m1/s1. The number of ether oxygens (including phenoxy) is 1. The molecular weight excluding hydrogens is 357 g/mol. The van der Waals surface area contributed by atoms with Gasteiger partial charge in [0.1, 0.15) is 18.2 Å². The van der Waals surface area contributed by atoms with E-state index in [1.807, 2.05) is 6.08 Å². The zero-order chi connectivity index (χ0) is 19.6. The zero-order valence-corrected chi connectivity index (χ0v) is 14.4. The van der Waals surface area contributed by atoms with Crippen LogP contribution < -0.4 is 16.2 Å². The van der Waals surface area contributed by atoms with Gasteiger partial charge in [-0.15, -0.1) is 0 Å². The summed E-state index contributed by atoms with van der Waals surface area (Å²) in [6.45, 7) is 0.288. The van der Waals surface area contributed by atoms with E-state index >= 15 is 0 Å². The van der Waals surface area contributed by atoms with E-state index in [2.05, 4.69) is 0 Å². The van der Waals surface area contributed by atoms with Gasteiger partial charge in [-0.3, -0.25) is 4.79 Å². The second kappa shape index (κ2) is 7.84. The van der Waals surface area contributed by atoms with Gasteiger partial charge < -0.3 is 16.2 Å². The van der Waals surface area contributed by atoms with Crippen LogP contribution in [0.3, 0.4) is 0 Å². The summed E-state index contributed by atoms with van der Waals surface area (Å²) in [6, 6.07) is 7.41. The second-order valence-electron chi connectivity index (χ2n) is 6.54. The van der Waals surface area contributed by atoms with Gasteiger partial charge in [-0.1, -0.05) is 6.08 Å². The summed E-state index contributed by atoms with van der Waals surface area (Å²) < 4.78 is 46.2. The molecule has 0 fully saturated rings. The number of carbonyl (C=O) groups excluding carboxylic acids is 1. The third kappa shape index (κ3) is 4.31. The molecule has 142 valence electrons. The van der Waals surface area contributed by atoms with Crippen molar-refractivity contribution in [3.8, 4) is 5.75 Å². The maximum Gasteiger partial charge on any atom is 0.248 e. The van der Waals surface area contributed by atoms with Crippen molar-refractivity contribution in [3.63, 3.8) is 0 Å². The molecule has 1 aliphatic carbocycles. The van der Waals surface area contributed by atoms with Crippen LogP contribution >= 0.6 is 0 Å². The maximum absolute atomic E-state index is 14.0. The van der Waals surface area contributed by atoms with Crippen molar-refractivity contribution in [2.75, 3.05) is 6.61 Å². The van der Waals surface area contributed by atoms with Crippen LogP contribution in [0.4, 0.5) is 13.2 Å². The fraction of sp³-hybridized carbons (Fsp3) is 0.250. The molecule has 4 N–H and O–H groups in total. The number of halogens is 3. The second-order valence-corrected chi connectivity index (χ2v) is 6.54. The molecule has 7 heteroatoms.